The van der Waals surface area contributed by atoms with Crippen LogP contribution in [0, 0.1) is 0 Å². The molecule has 0 aliphatic carbocycles. The molecule has 0 radical (unpaired) electrons. The number of benzene rings is 3. The second-order valence-electron chi connectivity index (χ2n) is 8.35. The number of hydrogen-bond acceptors (Lipinski definition) is 4. The van der Waals surface area contributed by atoms with E-state index in [2.05, 4.69) is 5.32 Å². The highest BCUT2D eigenvalue weighted by Gasteiger charge is 2.34. The standard InChI is InChI=1S/C27H28Cl3N3O4S/c1-3-24(27(35)31-4-2)32(17-19-10-8-9-13-22(19)29)26(34)18-33(25-16-20(28)14-15-23(25)30)38(36,37)21-11-6-5-7-12-21/h5-16,24H,3-4,17-18H2,1-2H3,(H,31,35)/t24-/m0/s1. The van der Waals surface area contributed by atoms with Crippen LogP contribution < -0.4 is 9.62 Å². The van der Waals surface area contributed by atoms with Crippen molar-refractivity contribution in [1.29, 1.82) is 0 Å². The molecule has 3 aromatic carbocycles. The molecule has 0 heterocycles. The van der Waals surface area contributed by atoms with Gasteiger partial charge in [-0.2, -0.15) is 0 Å². The lowest BCUT2D eigenvalue weighted by Crippen LogP contribution is -2.52. The number of nitrogens with zero attached hydrogens (tertiary/aromatic N) is 2. The highest BCUT2D eigenvalue weighted by atomic mass is 35.5. The number of rotatable bonds is 11. The first kappa shape index (κ1) is 29.8. The summed E-state index contributed by atoms with van der Waals surface area (Å²) in [4.78, 5) is 28.2. The number of halogens is 3. The summed E-state index contributed by atoms with van der Waals surface area (Å²) < 4.78 is 28.5. The molecule has 0 bridgehead atoms. The Morgan fingerprint density at radius 3 is 2.18 bits per heavy atom. The fourth-order valence-corrected chi connectivity index (χ4v) is 6.01. The van der Waals surface area contributed by atoms with Gasteiger partial charge in [0.25, 0.3) is 10.0 Å². The zero-order chi connectivity index (χ0) is 27.9. The molecule has 1 N–H and O–H groups in total. The van der Waals surface area contributed by atoms with Gasteiger partial charge in [-0.15, -0.1) is 0 Å². The first-order valence-corrected chi connectivity index (χ1v) is 14.5. The summed E-state index contributed by atoms with van der Waals surface area (Å²) in [5.74, 6) is -0.966. The monoisotopic (exact) mass is 595 g/mol. The molecule has 38 heavy (non-hydrogen) atoms. The van der Waals surface area contributed by atoms with Gasteiger partial charge in [-0.1, -0.05) is 78.1 Å². The van der Waals surface area contributed by atoms with Crippen LogP contribution >= 0.6 is 34.8 Å². The zero-order valence-electron chi connectivity index (χ0n) is 20.9. The van der Waals surface area contributed by atoms with Crippen molar-refractivity contribution in [3.63, 3.8) is 0 Å². The van der Waals surface area contributed by atoms with Gasteiger partial charge in [-0.05, 0) is 55.3 Å². The minimum absolute atomic E-state index is 0.00332. The number of carbonyl (C=O) groups excluding carboxylic acids is 2. The number of carbonyl (C=O) groups is 2. The maximum Gasteiger partial charge on any atom is 0.264 e. The smallest absolute Gasteiger partial charge is 0.264 e. The van der Waals surface area contributed by atoms with Crippen molar-refractivity contribution in [1.82, 2.24) is 10.2 Å². The van der Waals surface area contributed by atoms with Gasteiger partial charge in [0.2, 0.25) is 11.8 Å². The van der Waals surface area contributed by atoms with Crippen LogP contribution in [-0.4, -0.2) is 44.3 Å². The second kappa shape index (κ2) is 13.3. The molecule has 11 heteroatoms. The van der Waals surface area contributed by atoms with Gasteiger partial charge in [0, 0.05) is 23.1 Å². The van der Waals surface area contributed by atoms with Gasteiger partial charge in [-0.25, -0.2) is 8.42 Å². The van der Waals surface area contributed by atoms with E-state index in [0.717, 1.165) is 4.31 Å². The van der Waals surface area contributed by atoms with Crippen LogP contribution in [0.3, 0.4) is 0 Å². The average molecular weight is 597 g/mol. The lowest BCUT2D eigenvalue weighted by Gasteiger charge is -2.33. The summed E-state index contributed by atoms with van der Waals surface area (Å²) in [5, 5.41) is 3.51. The van der Waals surface area contributed by atoms with Crippen molar-refractivity contribution < 1.29 is 18.0 Å². The number of nitrogens with one attached hydrogen (secondary N) is 1. The Kier molecular flexibility index (Phi) is 10.4. The van der Waals surface area contributed by atoms with E-state index in [1.54, 1.807) is 56.3 Å². The Labute approximate surface area is 238 Å². The van der Waals surface area contributed by atoms with Gasteiger partial charge in [-0.3, -0.25) is 13.9 Å². The molecule has 0 saturated carbocycles. The van der Waals surface area contributed by atoms with E-state index < -0.39 is 28.5 Å². The van der Waals surface area contributed by atoms with Crippen LogP contribution in [0.4, 0.5) is 5.69 Å². The predicted molar refractivity (Wildman–Crippen MR) is 152 cm³/mol. The summed E-state index contributed by atoms with van der Waals surface area (Å²) in [7, 11) is -4.25. The average Bonchev–Trinajstić information content (AvgIpc) is 2.90. The molecule has 0 unspecified atom stereocenters. The molecule has 0 aliphatic rings. The lowest BCUT2D eigenvalue weighted by molar-refractivity contribution is -0.140. The van der Waals surface area contributed by atoms with E-state index in [1.165, 1.54) is 35.2 Å². The van der Waals surface area contributed by atoms with Crippen LogP contribution in [-0.2, 0) is 26.2 Å². The van der Waals surface area contributed by atoms with Crippen LogP contribution in [0.15, 0.2) is 77.7 Å². The van der Waals surface area contributed by atoms with Crippen LogP contribution in [0.1, 0.15) is 25.8 Å². The van der Waals surface area contributed by atoms with E-state index in [-0.39, 0.29) is 33.1 Å². The predicted octanol–water partition coefficient (Wildman–Crippen LogP) is 5.79. The molecule has 0 aromatic heterocycles. The molecule has 202 valence electrons. The van der Waals surface area contributed by atoms with E-state index in [0.29, 0.717) is 23.6 Å². The summed E-state index contributed by atoms with van der Waals surface area (Å²) in [6, 6.07) is 18.2. The minimum atomic E-state index is -4.25. The van der Waals surface area contributed by atoms with E-state index in [4.69, 9.17) is 34.8 Å². The SMILES string of the molecule is CCNC(=O)[C@H](CC)N(Cc1ccccc1Cl)C(=O)CN(c1cc(Cl)ccc1Cl)S(=O)(=O)c1ccccc1. The molecule has 0 spiro atoms. The van der Waals surface area contributed by atoms with E-state index in [9.17, 15) is 18.0 Å². The molecular formula is C27H28Cl3N3O4S. The Morgan fingerprint density at radius 1 is 0.895 bits per heavy atom. The first-order chi connectivity index (χ1) is 18.1. The third kappa shape index (κ3) is 6.99. The van der Waals surface area contributed by atoms with Gasteiger partial charge in [0.1, 0.15) is 12.6 Å². The first-order valence-electron chi connectivity index (χ1n) is 11.9. The Hall–Kier alpha value is -2.78. The number of sulfonamides is 1. The molecule has 3 aromatic rings. The third-order valence-electron chi connectivity index (χ3n) is 5.82. The van der Waals surface area contributed by atoms with E-state index >= 15 is 0 Å². The molecule has 0 fully saturated rings. The normalized spacial score (nSPS) is 12.0. The Balaban J connectivity index is 2.11. The van der Waals surface area contributed by atoms with Crippen LogP contribution in [0.2, 0.25) is 15.1 Å². The molecular weight excluding hydrogens is 569 g/mol. The number of anilines is 1. The summed E-state index contributed by atoms with van der Waals surface area (Å²) in [6.45, 7) is 3.30. The van der Waals surface area contributed by atoms with Crippen LogP contribution in [0.5, 0.6) is 0 Å². The molecule has 0 saturated heterocycles. The quantitative estimate of drug-likeness (QED) is 0.304. The second-order valence-corrected chi connectivity index (χ2v) is 11.5. The third-order valence-corrected chi connectivity index (χ3v) is 8.52. The molecule has 7 nitrogen and oxygen atoms in total. The van der Waals surface area contributed by atoms with E-state index in [1.807, 2.05) is 0 Å². The highest BCUT2D eigenvalue weighted by molar-refractivity contribution is 7.92. The fourth-order valence-electron chi connectivity index (χ4n) is 3.93. The van der Waals surface area contributed by atoms with Gasteiger partial charge in [0.15, 0.2) is 0 Å². The van der Waals surface area contributed by atoms with Gasteiger partial charge in [0.05, 0.1) is 15.6 Å². The molecule has 1 atom stereocenters. The lowest BCUT2D eigenvalue weighted by atomic mass is 10.1. The van der Waals surface area contributed by atoms with Crippen molar-refractivity contribution in [2.24, 2.45) is 0 Å². The largest absolute Gasteiger partial charge is 0.355 e. The Bertz CT molecular complexity index is 1390. The number of amides is 2. The van der Waals surface area contributed by atoms with Gasteiger partial charge >= 0.3 is 0 Å². The summed E-state index contributed by atoms with van der Waals surface area (Å²) in [5.41, 5.74) is 0.656. The van der Waals surface area contributed by atoms with Crippen molar-refractivity contribution in [3.05, 3.63) is 93.4 Å². The molecule has 2 amide bonds. The number of likely N-dealkylation sites (N-methyl/N-ethyl adjacent to an activating group) is 1. The molecule has 0 aliphatic heterocycles. The number of hydrogen-bond donors (Lipinski definition) is 1. The van der Waals surface area contributed by atoms with Crippen LogP contribution in [0.25, 0.3) is 0 Å². The van der Waals surface area contributed by atoms with Crippen molar-refractivity contribution >= 4 is 62.3 Å². The maximum absolute atomic E-state index is 13.9. The summed E-state index contributed by atoms with van der Waals surface area (Å²) in [6.07, 6.45) is 0.297. The van der Waals surface area contributed by atoms with Gasteiger partial charge < -0.3 is 10.2 Å². The maximum atomic E-state index is 13.9. The molecule has 3 rings (SSSR count). The van der Waals surface area contributed by atoms with Crippen molar-refractivity contribution in [2.45, 2.75) is 37.8 Å². The highest BCUT2D eigenvalue weighted by Crippen LogP contribution is 2.33. The topological polar surface area (TPSA) is 86.8 Å². The minimum Gasteiger partial charge on any atom is -0.355 e. The zero-order valence-corrected chi connectivity index (χ0v) is 24.0. The summed E-state index contributed by atoms with van der Waals surface area (Å²) >= 11 is 19.0. The fraction of sp³-hybridized carbons (Fsp3) is 0.259. The Morgan fingerprint density at radius 2 is 1.55 bits per heavy atom. The van der Waals surface area contributed by atoms with Crippen molar-refractivity contribution in [2.75, 3.05) is 17.4 Å². The van der Waals surface area contributed by atoms with Crippen molar-refractivity contribution in [3.8, 4) is 0 Å².